The maximum Gasteiger partial charge on any atom is 0.338 e. The van der Waals surface area contributed by atoms with Gasteiger partial charge in [0.25, 0.3) is 0 Å². The molecule has 0 spiro atoms. The highest BCUT2D eigenvalue weighted by Gasteiger charge is 2.12. The number of hydrogen-bond donors (Lipinski definition) is 0. The second-order valence-electron chi connectivity index (χ2n) is 5.13. The van der Waals surface area contributed by atoms with Crippen molar-refractivity contribution in [3.63, 3.8) is 0 Å². The number of nitrogens with zero attached hydrogens (tertiary/aromatic N) is 2. The SMILES string of the molecule is CCOC(=O)c1ccnc2ccc(OCCN(CC)CC)cc12. The van der Waals surface area contributed by atoms with Crippen LogP contribution >= 0.6 is 0 Å². The van der Waals surface area contributed by atoms with E-state index in [0.29, 0.717) is 18.8 Å². The molecule has 0 radical (unpaired) electrons. The van der Waals surface area contributed by atoms with Crippen LogP contribution < -0.4 is 4.74 Å². The van der Waals surface area contributed by atoms with Crippen molar-refractivity contribution in [1.29, 1.82) is 0 Å². The summed E-state index contributed by atoms with van der Waals surface area (Å²) in [5, 5.41) is 0.756. The maximum atomic E-state index is 12.1. The molecule has 1 aromatic carbocycles. The average Bonchev–Trinajstić information content (AvgIpc) is 2.58. The Kier molecular flexibility index (Phi) is 6.35. The fourth-order valence-electron chi connectivity index (χ4n) is 2.43. The summed E-state index contributed by atoms with van der Waals surface area (Å²) in [6.07, 6.45) is 1.62. The van der Waals surface area contributed by atoms with Crippen LogP contribution in [0.5, 0.6) is 5.75 Å². The first-order valence-corrected chi connectivity index (χ1v) is 8.10. The number of pyridine rings is 1. The van der Waals surface area contributed by atoms with Crippen LogP contribution in [-0.4, -0.2) is 48.7 Å². The van der Waals surface area contributed by atoms with Crippen molar-refractivity contribution in [2.24, 2.45) is 0 Å². The first kappa shape index (κ1) is 17.2. The highest BCUT2D eigenvalue weighted by Crippen LogP contribution is 2.23. The van der Waals surface area contributed by atoms with E-state index in [9.17, 15) is 4.79 Å². The maximum absolute atomic E-state index is 12.1. The Morgan fingerprint density at radius 2 is 1.96 bits per heavy atom. The highest BCUT2D eigenvalue weighted by molar-refractivity contribution is 6.03. The van der Waals surface area contributed by atoms with E-state index in [2.05, 4.69) is 23.7 Å². The van der Waals surface area contributed by atoms with E-state index in [1.807, 2.05) is 18.2 Å². The first-order valence-electron chi connectivity index (χ1n) is 8.10. The molecule has 0 saturated carbocycles. The fourth-order valence-corrected chi connectivity index (χ4v) is 2.43. The minimum Gasteiger partial charge on any atom is -0.492 e. The standard InChI is InChI=1S/C18H24N2O3/c1-4-20(5-2)11-12-23-14-7-8-17-16(13-14)15(9-10-19-17)18(21)22-6-3/h7-10,13H,4-6,11-12H2,1-3H3. The molecule has 0 unspecified atom stereocenters. The van der Waals surface area contributed by atoms with Crippen LogP contribution in [0.15, 0.2) is 30.5 Å². The van der Waals surface area contributed by atoms with Crippen molar-refractivity contribution in [2.45, 2.75) is 20.8 Å². The van der Waals surface area contributed by atoms with Crippen LogP contribution in [-0.2, 0) is 4.74 Å². The zero-order chi connectivity index (χ0) is 16.7. The van der Waals surface area contributed by atoms with Gasteiger partial charge in [-0.15, -0.1) is 0 Å². The van der Waals surface area contributed by atoms with Gasteiger partial charge in [0.15, 0.2) is 0 Å². The van der Waals surface area contributed by atoms with Gasteiger partial charge in [0.2, 0.25) is 0 Å². The number of ether oxygens (including phenoxy) is 2. The van der Waals surface area contributed by atoms with Crippen LogP contribution in [0.2, 0.25) is 0 Å². The van der Waals surface area contributed by atoms with Crippen LogP contribution in [0.4, 0.5) is 0 Å². The number of carbonyl (C=O) groups excluding carboxylic acids is 1. The molecule has 0 fully saturated rings. The summed E-state index contributed by atoms with van der Waals surface area (Å²) >= 11 is 0. The molecule has 0 N–H and O–H groups in total. The summed E-state index contributed by atoms with van der Waals surface area (Å²) in [4.78, 5) is 18.6. The van der Waals surface area contributed by atoms with Crippen molar-refractivity contribution in [3.05, 3.63) is 36.0 Å². The van der Waals surface area contributed by atoms with E-state index in [4.69, 9.17) is 9.47 Å². The molecule has 0 atom stereocenters. The molecule has 2 aromatic rings. The molecular weight excluding hydrogens is 292 g/mol. The molecule has 124 valence electrons. The van der Waals surface area contributed by atoms with Crippen molar-refractivity contribution in [1.82, 2.24) is 9.88 Å². The Balaban J connectivity index is 2.16. The lowest BCUT2D eigenvalue weighted by molar-refractivity contribution is 0.0528. The molecule has 1 aromatic heterocycles. The van der Waals surface area contributed by atoms with Gasteiger partial charge in [0.05, 0.1) is 17.7 Å². The summed E-state index contributed by atoms with van der Waals surface area (Å²) in [7, 11) is 0. The molecule has 5 nitrogen and oxygen atoms in total. The molecule has 2 rings (SSSR count). The van der Waals surface area contributed by atoms with E-state index in [-0.39, 0.29) is 5.97 Å². The van der Waals surface area contributed by atoms with E-state index >= 15 is 0 Å². The molecule has 0 amide bonds. The number of fused-ring (bicyclic) bond motifs is 1. The second kappa shape index (κ2) is 8.48. The molecule has 0 aliphatic heterocycles. The Morgan fingerprint density at radius 1 is 1.17 bits per heavy atom. The number of carbonyl (C=O) groups is 1. The Bertz CT molecular complexity index is 654. The Labute approximate surface area is 137 Å². The molecular formula is C18H24N2O3. The molecule has 1 heterocycles. The van der Waals surface area contributed by atoms with Crippen LogP contribution in [0.25, 0.3) is 10.9 Å². The minimum atomic E-state index is -0.333. The van der Waals surface area contributed by atoms with Crippen molar-refractivity contribution < 1.29 is 14.3 Å². The summed E-state index contributed by atoms with van der Waals surface area (Å²) in [5.41, 5.74) is 1.28. The molecule has 0 saturated heterocycles. The third kappa shape index (κ3) is 4.42. The van der Waals surface area contributed by atoms with E-state index in [0.717, 1.165) is 36.3 Å². The van der Waals surface area contributed by atoms with E-state index < -0.39 is 0 Å². The zero-order valence-electron chi connectivity index (χ0n) is 14.0. The van der Waals surface area contributed by atoms with Crippen LogP contribution in [0.3, 0.4) is 0 Å². The average molecular weight is 316 g/mol. The minimum absolute atomic E-state index is 0.333. The fraction of sp³-hybridized carbons (Fsp3) is 0.444. The molecule has 0 aliphatic rings. The van der Waals surface area contributed by atoms with Crippen LogP contribution in [0, 0.1) is 0 Å². The third-order valence-electron chi connectivity index (χ3n) is 3.78. The number of benzene rings is 1. The van der Waals surface area contributed by atoms with Gasteiger partial charge in [-0.2, -0.15) is 0 Å². The van der Waals surface area contributed by atoms with Gasteiger partial charge in [-0.05, 0) is 44.3 Å². The lowest BCUT2D eigenvalue weighted by Gasteiger charge is -2.18. The normalized spacial score (nSPS) is 11.0. The molecule has 0 bridgehead atoms. The highest BCUT2D eigenvalue weighted by atomic mass is 16.5. The topological polar surface area (TPSA) is 51.7 Å². The Morgan fingerprint density at radius 3 is 2.65 bits per heavy atom. The van der Waals surface area contributed by atoms with Gasteiger partial charge in [-0.3, -0.25) is 4.98 Å². The van der Waals surface area contributed by atoms with Gasteiger partial charge in [-0.1, -0.05) is 13.8 Å². The third-order valence-corrected chi connectivity index (χ3v) is 3.78. The predicted octanol–water partition coefficient (Wildman–Crippen LogP) is 3.13. The lowest BCUT2D eigenvalue weighted by atomic mass is 10.1. The van der Waals surface area contributed by atoms with E-state index in [1.165, 1.54) is 0 Å². The molecule has 5 heteroatoms. The quantitative estimate of drug-likeness (QED) is 0.700. The van der Waals surface area contributed by atoms with Crippen molar-refractivity contribution in [3.8, 4) is 5.75 Å². The number of aromatic nitrogens is 1. The van der Waals surface area contributed by atoms with Crippen molar-refractivity contribution >= 4 is 16.9 Å². The summed E-state index contributed by atoms with van der Waals surface area (Å²) < 4.78 is 10.9. The van der Waals surface area contributed by atoms with Gasteiger partial charge < -0.3 is 14.4 Å². The monoisotopic (exact) mass is 316 g/mol. The first-order chi connectivity index (χ1) is 11.2. The summed E-state index contributed by atoms with van der Waals surface area (Å²) in [5.74, 6) is 0.406. The molecule has 23 heavy (non-hydrogen) atoms. The van der Waals surface area contributed by atoms with Gasteiger partial charge in [-0.25, -0.2) is 4.79 Å². The lowest BCUT2D eigenvalue weighted by Crippen LogP contribution is -2.27. The van der Waals surface area contributed by atoms with Gasteiger partial charge >= 0.3 is 5.97 Å². The van der Waals surface area contributed by atoms with Gasteiger partial charge in [0, 0.05) is 18.1 Å². The number of hydrogen-bond acceptors (Lipinski definition) is 5. The Hall–Kier alpha value is -2.14. The smallest absolute Gasteiger partial charge is 0.338 e. The summed E-state index contributed by atoms with van der Waals surface area (Å²) in [6, 6.07) is 7.29. The number of esters is 1. The zero-order valence-corrected chi connectivity index (χ0v) is 14.0. The van der Waals surface area contributed by atoms with E-state index in [1.54, 1.807) is 19.2 Å². The number of rotatable bonds is 8. The molecule has 0 aliphatic carbocycles. The van der Waals surface area contributed by atoms with Gasteiger partial charge in [0.1, 0.15) is 12.4 Å². The second-order valence-corrected chi connectivity index (χ2v) is 5.13. The predicted molar refractivity (Wildman–Crippen MR) is 91.0 cm³/mol. The number of likely N-dealkylation sites (N-methyl/N-ethyl adjacent to an activating group) is 1. The summed E-state index contributed by atoms with van der Waals surface area (Å²) in [6.45, 7) is 9.92. The largest absolute Gasteiger partial charge is 0.492 e. The van der Waals surface area contributed by atoms with Crippen LogP contribution in [0.1, 0.15) is 31.1 Å². The van der Waals surface area contributed by atoms with Crippen molar-refractivity contribution in [2.75, 3.05) is 32.8 Å².